The zero-order valence-corrected chi connectivity index (χ0v) is 17.1. The molecule has 5 rings (SSSR count). The van der Waals surface area contributed by atoms with Crippen molar-refractivity contribution in [2.45, 2.75) is 11.5 Å². The molecule has 4 aromatic rings. The second-order valence-corrected chi connectivity index (χ2v) is 8.59. The lowest BCUT2D eigenvalue weighted by Gasteiger charge is -2.12. The summed E-state index contributed by atoms with van der Waals surface area (Å²) in [6, 6.07) is 21.0. The lowest BCUT2D eigenvalue weighted by atomic mass is 10.1. The lowest BCUT2D eigenvalue weighted by molar-refractivity contribution is 0.102. The number of hydrogen-bond acceptors (Lipinski definition) is 4. The van der Waals surface area contributed by atoms with Crippen LogP contribution in [0.15, 0.2) is 66.7 Å². The highest BCUT2D eigenvalue weighted by molar-refractivity contribution is 7.83. The third-order valence-corrected chi connectivity index (χ3v) is 6.44. The average molecular weight is 417 g/mol. The highest BCUT2D eigenvalue weighted by Gasteiger charge is 2.28. The predicted octanol–water partition coefficient (Wildman–Crippen LogP) is 4.05. The molecule has 150 valence electrons. The molecule has 0 fully saturated rings. The van der Waals surface area contributed by atoms with Crippen molar-refractivity contribution in [2.75, 3.05) is 12.4 Å². The van der Waals surface area contributed by atoms with Gasteiger partial charge in [-0.15, -0.1) is 0 Å². The van der Waals surface area contributed by atoms with Gasteiger partial charge in [-0.3, -0.25) is 9.00 Å². The number of benzene rings is 3. The summed E-state index contributed by atoms with van der Waals surface area (Å²) in [6.45, 7) is 0. The van der Waals surface area contributed by atoms with E-state index in [9.17, 15) is 9.00 Å². The van der Waals surface area contributed by atoms with Gasteiger partial charge in [0.15, 0.2) is 0 Å². The lowest BCUT2D eigenvalue weighted by Crippen LogP contribution is -2.16. The van der Waals surface area contributed by atoms with Crippen molar-refractivity contribution in [3.63, 3.8) is 0 Å². The summed E-state index contributed by atoms with van der Waals surface area (Å²) < 4.78 is 19.0. The highest BCUT2D eigenvalue weighted by Crippen LogP contribution is 2.32. The molecular weight excluding hydrogens is 398 g/mol. The molecule has 1 N–H and O–H groups in total. The maximum absolute atomic E-state index is 13.1. The minimum absolute atomic E-state index is 0.226. The number of ether oxygens (including phenoxy) is 1. The number of aromatic nitrogens is 2. The molecule has 3 aromatic carbocycles. The van der Waals surface area contributed by atoms with Crippen LogP contribution in [0.5, 0.6) is 5.75 Å². The predicted molar refractivity (Wildman–Crippen MR) is 118 cm³/mol. The van der Waals surface area contributed by atoms with Gasteiger partial charge in [-0.25, -0.2) is 4.68 Å². The van der Waals surface area contributed by atoms with E-state index in [1.807, 2.05) is 66.7 Å². The van der Waals surface area contributed by atoms with Gasteiger partial charge >= 0.3 is 0 Å². The largest absolute Gasteiger partial charge is 0.497 e. The summed E-state index contributed by atoms with van der Waals surface area (Å²) in [6.07, 6.45) is 0. The molecule has 0 saturated carbocycles. The van der Waals surface area contributed by atoms with Crippen molar-refractivity contribution in [1.82, 2.24) is 9.78 Å². The molecule has 2 heterocycles. The number of anilines is 1. The molecular formula is C23H19N3O3S. The second kappa shape index (κ2) is 7.42. The maximum atomic E-state index is 13.1. The number of rotatable bonds is 4. The Hall–Kier alpha value is -3.45. The normalized spacial score (nSPS) is 15.2. The van der Waals surface area contributed by atoms with Crippen LogP contribution in [0, 0.1) is 0 Å². The molecule has 1 unspecified atom stereocenters. The van der Waals surface area contributed by atoms with E-state index in [4.69, 9.17) is 4.74 Å². The van der Waals surface area contributed by atoms with Crippen molar-refractivity contribution in [3.8, 4) is 11.4 Å². The Labute approximate surface area is 175 Å². The van der Waals surface area contributed by atoms with Gasteiger partial charge in [0.2, 0.25) is 0 Å². The van der Waals surface area contributed by atoms with Crippen LogP contribution < -0.4 is 10.1 Å². The molecule has 1 aromatic heterocycles. The van der Waals surface area contributed by atoms with Crippen molar-refractivity contribution >= 4 is 33.3 Å². The first-order valence-electron chi connectivity index (χ1n) is 9.53. The SMILES string of the molecule is COc1ccc(-n2nc3c(c2NC(=O)c2ccc4ccccc4c2)CS(=O)C3)cc1. The quantitative estimate of drug-likeness (QED) is 0.544. The molecule has 6 nitrogen and oxygen atoms in total. The number of fused-ring (bicyclic) bond motifs is 2. The van der Waals surface area contributed by atoms with Gasteiger partial charge in [-0.1, -0.05) is 30.3 Å². The molecule has 0 spiro atoms. The summed E-state index contributed by atoms with van der Waals surface area (Å²) >= 11 is 0. The summed E-state index contributed by atoms with van der Waals surface area (Å²) in [7, 11) is 0.620. The number of carbonyl (C=O) groups is 1. The standard InChI is InChI=1S/C23H19N3O3S/c1-29-19-10-8-18(9-11-19)26-22(20-13-30(28)14-21(20)25-26)24-23(27)17-7-6-15-4-2-3-5-16(15)12-17/h2-12H,13-14H2,1H3,(H,24,27). The molecule has 1 aliphatic heterocycles. The zero-order chi connectivity index (χ0) is 20.7. The Morgan fingerprint density at radius 3 is 2.57 bits per heavy atom. The van der Waals surface area contributed by atoms with Crippen molar-refractivity contribution in [1.29, 1.82) is 0 Å². The van der Waals surface area contributed by atoms with Gasteiger partial charge in [0, 0.05) is 21.9 Å². The van der Waals surface area contributed by atoms with Gasteiger partial charge in [0.25, 0.3) is 5.91 Å². The third-order valence-electron chi connectivity index (χ3n) is 5.23. The van der Waals surface area contributed by atoms with E-state index < -0.39 is 10.8 Å². The van der Waals surface area contributed by atoms with Gasteiger partial charge in [-0.2, -0.15) is 5.10 Å². The number of nitrogens with zero attached hydrogens (tertiary/aromatic N) is 2. The van der Waals surface area contributed by atoms with Crippen LogP contribution in [-0.2, 0) is 22.3 Å². The van der Waals surface area contributed by atoms with Gasteiger partial charge < -0.3 is 10.1 Å². The number of methoxy groups -OCH3 is 1. The zero-order valence-electron chi connectivity index (χ0n) is 16.3. The molecule has 7 heteroatoms. The summed E-state index contributed by atoms with van der Waals surface area (Å²) in [4.78, 5) is 13.1. The molecule has 0 saturated heterocycles. The first-order valence-corrected chi connectivity index (χ1v) is 11.0. The van der Waals surface area contributed by atoms with Gasteiger partial charge in [-0.05, 0) is 47.2 Å². The number of carbonyl (C=O) groups excluding carboxylic acids is 1. The average Bonchev–Trinajstić information content (AvgIpc) is 3.30. The van der Waals surface area contributed by atoms with Crippen LogP contribution in [-0.4, -0.2) is 27.0 Å². The van der Waals surface area contributed by atoms with Gasteiger partial charge in [0.05, 0.1) is 30.0 Å². The van der Waals surface area contributed by atoms with E-state index in [-0.39, 0.29) is 5.91 Å². The summed E-state index contributed by atoms with van der Waals surface area (Å²) in [5, 5.41) is 9.72. The highest BCUT2D eigenvalue weighted by atomic mass is 32.2. The van der Waals surface area contributed by atoms with Crippen LogP contribution in [0.2, 0.25) is 0 Å². The Morgan fingerprint density at radius 1 is 1.03 bits per heavy atom. The van der Waals surface area contributed by atoms with E-state index in [0.717, 1.165) is 33.5 Å². The Balaban J connectivity index is 1.53. The monoisotopic (exact) mass is 417 g/mol. The van der Waals surface area contributed by atoms with E-state index in [0.29, 0.717) is 22.9 Å². The molecule has 1 aliphatic rings. The molecule has 0 radical (unpaired) electrons. The Kier molecular flexibility index (Phi) is 4.59. The summed E-state index contributed by atoms with van der Waals surface area (Å²) in [5.74, 6) is 1.87. The third kappa shape index (κ3) is 3.27. The van der Waals surface area contributed by atoms with E-state index >= 15 is 0 Å². The van der Waals surface area contributed by atoms with E-state index in [1.165, 1.54) is 0 Å². The fraction of sp³-hybridized carbons (Fsp3) is 0.130. The van der Waals surface area contributed by atoms with Crippen LogP contribution in [0.1, 0.15) is 21.6 Å². The van der Waals surface area contributed by atoms with Crippen molar-refractivity contribution in [2.24, 2.45) is 0 Å². The Bertz CT molecular complexity index is 1300. The van der Waals surface area contributed by atoms with Crippen LogP contribution in [0.4, 0.5) is 5.82 Å². The van der Waals surface area contributed by atoms with Crippen LogP contribution in [0.3, 0.4) is 0 Å². The van der Waals surface area contributed by atoms with Crippen LogP contribution >= 0.6 is 0 Å². The van der Waals surface area contributed by atoms with E-state index in [1.54, 1.807) is 11.8 Å². The van der Waals surface area contributed by atoms with E-state index in [2.05, 4.69) is 10.4 Å². The fourth-order valence-corrected chi connectivity index (χ4v) is 4.94. The minimum atomic E-state index is -0.993. The Morgan fingerprint density at radius 2 is 1.80 bits per heavy atom. The maximum Gasteiger partial charge on any atom is 0.256 e. The number of nitrogens with one attached hydrogen (secondary N) is 1. The first-order chi connectivity index (χ1) is 14.6. The smallest absolute Gasteiger partial charge is 0.256 e. The topological polar surface area (TPSA) is 73.2 Å². The minimum Gasteiger partial charge on any atom is -0.497 e. The molecule has 0 bridgehead atoms. The second-order valence-electron chi connectivity index (χ2n) is 7.13. The van der Waals surface area contributed by atoms with Crippen molar-refractivity contribution in [3.05, 3.63) is 83.6 Å². The molecule has 1 amide bonds. The van der Waals surface area contributed by atoms with Crippen LogP contribution in [0.25, 0.3) is 16.5 Å². The number of amides is 1. The molecule has 1 atom stereocenters. The van der Waals surface area contributed by atoms with Gasteiger partial charge in [0.1, 0.15) is 11.6 Å². The summed E-state index contributed by atoms with van der Waals surface area (Å²) in [5.41, 5.74) is 2.95. The van der Waals surface area contributed by atoms with Crippen molar-refractivity contribution < 1.29 is 13.7 Å². The number of hydrogen-bond donors (Lipinski definition) is 1. The molecule has 30 heavy (non-hydrogen) atoms. The molecule has 0 aliphatic carbocycles. The first kappa shape index (κ1) is 18.6. The fourth-order valence-electron chi connectivity index (χ4n) is 3.68.